The van der Waals surface area contributed by atoms with E-state index in [2.05, 4.69) is 9.71 Å². The zero-order valence-electron chi connectivity index (χ0n) is 11.1. The van der Waals surface area contributed by atoms with E-state index in [4.69, 9.17) is 22.7 Å². The van der Waals surface area contributed by atoms with Crippen molar-refractivity contribution in [1.82, 2.24) is 9.71 Å². The number of hydrogen-bond acceptors (Lipinski definition) is 5. The van der Waals surface area contributed by atoms with Crippen LogP contribution in [0.4, 0.5) is 0 Å². The number of nitrogens with one attached hydrogen (secondary N) is 1. The molecule has 1 fully saturated rings. The zero-order chi connectivity index (χ0) is 14.8. The quantitative estimate of drug-likeness (QED) is 0.789. The molecule has 2 heterocycles. The normalized spacial score (nSPS) is 23.4. The van der Waals surface area contributed by atoms with E-state index in [1.54, 1.807) is 0 Å². The van der Waals surface area contributed by atoms with Crippen LogP contribution in [0.2, 0.25) is 0 Å². The van der Waals surface area contributed by atoms with Gasteiger partial charge in [0.15, 0.2) is 0 Å². The highest BCUT2D eigenvalue weighted by Crippen LogP contribution is 2.22. The van der Waals surface area contributed by atoms with E-state index in [9.17, 15) is 8.42 Å². The molecule has 0 saturated carbocycles. The van der Waals surface area contributed by atoms with Gasteiger partial charge in [0.2, 0.25) is 10.0 Å². The van der Waals surface area contributed by atoms with Gasteiger partial charge in [-0.25, -0.2) is 13.1 Å². The van der Waals surface area contributed by atoms with E-state index in [0.29, 0.717) is 13.2 Å². The van der Waals surface area contributed by atoms with Gasteiger partial charge < -0.3 is 10.5 Å². The van der Waals surface area contributed by atoms with Crippen molar-refractivity contribution in [3.8, 4) is 0 Å². The van der Waals surface area contributed by atoms with E-state index >= 15 is 0 Å². The monoisotopic (exact) mass is 315 g/mol. The standard InChI is InChI=1S/C12H17N3O3S2/c1-12(5-3-7-18-8-12)15-20(16,17)9-4-2-6-14-10(9)11(13)19/h2,4,6,15H,3,5,7-8H2,1H3,(H2,13,19). The van der Waals surface area contributed by atoms with Crippen LogP contribution in [0.1, 0.15) is 25.5 Å². The first kappa shape index (κ1) is 15.3. The SMILES string of the molecule is CC1(NS(=O)(=O)c2cccnc2C(N)=S)CCCOC1. The third kappa shape index (κ3) is 3.32. The van der Waals surface area contributed by atoms with Crippen molar-refractivity contribution in [2.45, 2.75) is 30.2 Å². The van der Waals surface area contributed by atoms with Crippen molar-refractivity contribution < 1.29 is 13.2 Å². The number of aromatic nitrogens is 1. The van der Waals surface area contributed by atoms with Crippen LogP contribution in [0.3, 0.4) is 0 Å². The van der Waals surface area contributed by atoms with Gasteiger partial charge in [0.25, 0.3) is 0 Å². The molecule has 8 heteroatoms. The van der Waals surface area contributed by atoms with Gasteiger partial charge in [0.05, 0.1) is 12.1 Å². The van der Waals surface area contributed by atoms with Crippen LogP contribution in [0.15, 0.2) is 23.2 Å². The minimum Gasteiger partial charge on any atom is -0.388 e. The summed E-state index contributed by atoms with van der Waals surface area (Å²) < 4.78 is 33.0. The number of nitrogens with zero attached hydrogens (tertiary/aromatic N) is 1. The molecule has 2 rings (SSSR count). The fourth-order valence-electron chi connectivity index (χ4n) is 2.19. The van der Waals surface area contributed by atoms with E-state index in [0.717, 1.165) is 12.8 Å². The first-order valence-electron chi connectivity index (χ1n) is 6.21. The Morgan fingerprint density at radius 2 is 2.35 bits per heavy atom. The smallest absolute Gasteiger partial charge is 0.243 e. The van der Waals surface area contributed by atoms with Crippen molar-refractivity contribution >= 4 is 27.2 Å². The van der Waals surface area contributed by atoms with E-state index in [1.165, 1.54) is 18.3 Å². The fourth-order valence-corrected chi connectivity index (χ4v) is 4.01. The Hall–Kier alpha value is -1.09. The summed E-state index contributed by atoms with van der Waals surface area (Å²) >= 11 is 4.85. The molecule has 1 unspecified atom stereocenters. The van der Waals surface area contributed by atoms with Gasteiger partial charge in [-0.3, -0.25) is 4.98 Å². The highest BCUT2D eigenvalue weighted by Gasteiger charge is 2.34. The minimum absolute atomic E-state index is 0.000650. The van der Waals surface area contributed by atoms with E-state index < -0.39 is 15.6 Å². The number of ether oxygens (including phenoxy) is 1. The van der Waals surface area contributed by atoms with Gasteiger partial charge in [-0.15, -0.1) is 0 Å². The lowest BCUT2D eigenvalue weighted by molar-refractivity contribution is 0.0386. The lowest BCUT2D eigenvalue weighted by atomic mass is 9.97. The van der Waals surface area contributed by atoms with Gasteiger partial charge in [-0.05, 0) is 31.9 Å². The Bertz CT molecular complexity index is 610. The Balaban J connectivity index is 2.33. The molecule has 110 valence electrons. The Labute approximate surface area is 123 Å². The van der Waals surface area contributed by atoms with Crippen molar-refractivity contribution in [1.29, 1.82) is 0 Å². The van der Waals surface area contributed by atoms with Crippen LogP contribution >= 0.6 is 12.2 Å². The predicted molar refractivity (Wildman–Crippen MR) is 78.9 cm³/mol. The first-order chi connectivity index (χ1) is 9.34. The average Bonchev–Trinajstić information content (AvgIpc) is 2.38. The van der Waals surface area contributed by atoms with E-state index in [-0.39, 0.29) is 15.6 Å². The third-order valence-electron chi connectivity index (χ3n) is 3.11. The van der Waals surface area contributed by atoms with Gasteiger partial charge in [-0.1, -0.05) is 12.2 Å². The molecular weight excluding hydrogens is 298 g/mol. The lowest BCUT2D eigenvalue weighted by Crippen LogP contribution is -2.51. The maximum Gasteiger partial charge on any atom is 0.243 e. The molecule has 1 atom stereocenters. The summed E-state index contributed by atoms with van der Waals surface area (Å²) in [7, 11) is -3.75. The van der Waals surface area contributed by atoms with Crippen LogP contribution in [0, 0.1) is 0 Å². The summed E-state index contributed by atoms with van der Waals surface area (Å²) in [6.07, 6.45) is 2.99. The molecule has 1 aliphatic heterocycles. The van der Waals surface area contributed by atoms with Crippen molar-refractivity contribution in [2.24, 2.45) is 5.73 Å². The second kappa shape index (κ2) is 5.72. The highest BCUT2D eigenvalue weighted by atomic mass is 32.2. The molecule has 0 bridgehead atoms. The number of rotatable bonds is 4. The van der Waals surface area contributed by atoms with Crippen molar-refractivity contribution in [2.75, 3.05) is 13.2 Å². The summed E-state index contributed by atoms with van der Waals surface area (Å²) in [5.41, 5.74) is 5.01. The molecule has 6 nitrogen and oxygen atoms in total. The minimum atomic E-state index is -3.75. The molecule has 0 aliphatic carbocycles. The van der Waals surface area contributed by atoms with Gasteiger partial charge >= 0.3 is 0 Å². The molecular formula is C12H17N3O3S2. The molecule has 1 aromatic rings. The first-order valence-corrected chi connectivity index (χ1v) is 8.10. The van der Waals surface area contributed by atoms with Gasteiger partial charge in [0, 0.05) is 12.8 Å². The third-order valence-corrected chi connectivity index (χ3v) is 4.98. The van der Waals surface area contributed by atoms with Crippen LogP contribution < -0.4 is 10.5 Å². The maximum atomic E-state index is 12.5. The Morgan fingerprint density at radius 3 is 2.95 bits per heavy atom. The van der Waals surface area contributed by atoms with Crippen LogP contribution in [0.5, 0.6) is 0 Å². The predicted octanol–water partition coefficient (Wildman–Crippen LogP) is 0.563. The summed E-state index contributed by atoms with van der Waals surface area (Å²) in [4.78, 5) is 3.90. The van der Waals surface area contributed by atoms with Crippen LogP contribution in [0.25, 0.3) is 0 Å². The molecule has 0 aromatic carbocycles. The number of pyridine rings is 1. The molecule has 1 aliphatic rings. The summed E-state index contributed by atoms with van der Waals surface area (Å²) in [5.74, 6) is 0. The van der Waals surface area contributed by atoms with E-state index in [1.807, 2.05) is 6.92 Å². The molecule has 1 saturated heterocycles. The molecule has 0 radical (unpaired) electrons. The number of nitrogens with two attached hydrogens (primary N) is 1. The fraction of sp³-hybridized carbons (Fsp3) is 0.500. The topological polar surface area (TPSA) is 94.3 Å². The van der Waals surface area contributed by atoms with Crippen LogP contribution in [-0.2, 0) is 14.8 Å². The van der Waals surface area contributed by atoms with Crippen molar-refractivity contribution in [3.05, 3.63) is 24.0 Å². The number of sulfonamides is 1. The summed E-state index contributed by atoms with van der Waals surface area (Å²) in [6.45, 7) is 2.82. The zero-order valence-corrected chi connectivity index (χ0v) is 12.8. The Kier molecular flexibility index (Phi) is 4.38. The molecule has 0 spiro atoms. The second-order valence-corrected chi connectivity index (χ2v) is 7.13. The molecule has 0 amide bonds. The molecule has 3 N–H and O–H groups in total. The molecule has 20 heavy (non-hydrogen) atoms. The van der Waals surface area contributed by atoms with Crippen LogP contribution in [-0.4, -0.2) is 37.1 Å². The maximum absolute atomic E-state index is 12.5. The second-order valence-electron chi connectivity index (χ2n) is 5.04. The van der Waals surface area contributed by atoms with Gasteiger partial charge in [-0.2, -0.15) is 0 Å². The average molecular weight is 315 g/mol. The largest absolute Gasteiger partial charge is 0.388 e. The molecule has 1 aromatic heterocycles. The summed E-state index contributed by atoms with van der Waals surface area (Å²) in [6, 6.07) is 2.98. The summed E-state index contributed by atoms with van der Waals surface area (Å²) in [5, 5.41) is 0. The highest BCUT2D eigenvalue weighted by molar-refractivity contribution is 7.89. The number of hydrogen-bond donors (Lipinski definition) is 2. The number of thiocarbonyl (C=S) groups is 1. The Morgan fingerprint density at radius 1 is 1.60 bits per heavy atom. The van der Waals surface area contributed by atoms with Crippen molar-refractivity contribution in [3.63, 3.8) is 0 Å². The van der Waals surface area contributed by atoms with Gasteiger partial charge in [0.1, 0.15) is 15.6 Å². The lowest BCUT2D eigenvalue weighted by Gasteiger charge is -2.33.